The molecule has 1 aliphatic heterocycles. The molecule has 3 rings (SSSR count). The van der Waals surface area contributed by atoms with Gasteiger partial charge in [-0.3, -0.25) is 9.59 Å². The van der Waals surface area contributed by atoms with Crippen molar-refractivity contribution in [1.29, 1.82) is 0 Å². The summed E-state index contributed by atoms with van der Waals surface area (Å²) in [5, 5.41) is 0. The van der Waals surface area contributed by atoms with E-state index < -0.39 is 0 Å². The third-order valence-electron chi connectivity index (χ3n) is 4.67. The lowest BCUT2D eigenvalue weighted by Crippen LogP contribution is -2.51. The summed E-state index contributed by atoms with van der Waals surface area (Å²) in [7, 11) is 1.62. The molecule has 26 heavy (non-hydrogen) atoms. The van der Waals surface area contributed by atoms with Crippen LogP contribution in [0.2, 0.25) is 0 Å². The molecule has 2 amide bonds. The maximum atomic E-state index is 12.5. The lowest BCUT2D eigenvalue weighted by atomic mass is 10.1. The van der Waals surface area contributed by atoms with Crippen molar-refractivity contribution in [1.82, 2.24) is 9.80 Å². The summed E-state index contributed by atoms with van der Waals surface area (Å²) < 4.78 is 5.20. The molecular formula is C21H24N2O3. The summed E-state index contributed by atoms with van der Waals surface area (Å²) in [6, 6.07) is 17.3. The number of hydrogen-bond acceptors (Lipinski definition) is 3. The number of rotatable bonds is 5. The van der Waals surface area contributed by atoms with E-state index in [1.165, 1.54) is 0 Å². The molecule has 0 bridgehead atoms. The van der Waals surface area contributed by atoms with Crippen molar-refractivity contribution in [3.63, 3.8) is 0 Å². The molecule has 1 aliphatic rings. The van der Waals surface area contributed by atoms with E-state index in [1.54, 1.807) is 7.11 Å². The molecule has 5 nitrogen and oxygen atoms in total. The molecule has 5 heteroatoms. The van der Waals surface area contributed by atoms with Crippen LogP contribution in [0.4, 0.5) is 0 Å². The van der Waals surface area contributed by atoms with Gasteiger partial charge in [-0.2, -0.15) is 0 Å². The van der Waals surface area contributed by atoms with Gasteiger partial charge in [0, 0.05) is 26.2 Å². The van der Waals surface area contributed by atoms with Crippen molar-refractivity contribution in [2.45, 2.75) is 12.8 Å². The number of carbonyl (C=O) groups is 2. The average Bonchev–Trinajstić information content (AvgIpc) is 2.69. The van der Waals surface area contributed by atoms with Crippen LogP contribution < -0.4 is 4.74 Å². The second kappa shape index (κ2) is 8.52. The number of benzene rings is 2. The number of piperazine rings is 1. The van der Waals surface area contributed by atoms with Gasteiger partial charge in [-0.25, -0.2) is 0 Å². The predicted octanol–water partition coefficient (Wildman–Crippen LogP) is 2.15. The van der Waals surface area contributed by atoms with E-state index in [2.05, 4.69) is 0 Å². The summed E-state index contributed by atoms with van der Waals surface area (Å²) in [6.07, 6.45) is 0.772. The van der Waals surface area contributed by atoms with Gasteiger partial charge in [-0.1, -0.05) is 42.5 Å². The minimum atomic E-state index is 0.0911. The summed E-state index contributed by atoms with van der Waals surface area (Å²) in [6.45, 7) is 2.36. The van der Waals surface area contributed by atoms with E-state index in [4.69, 9.17) is 4.74 Å². The van der Waals surface area contributed by atoms with Crippen LogP contribution >= 0.6 is 0 Å². The molecule has 2 aromatic rings. The van der Waals surface area contributed by atoms with Crippen LogP contribution in [0.5, 0.6) is 5.75 Å². The van der Waals surface area contributed by atoms with Gasteiger partial charge in [0.05, 0.1) is 20.0 Å². The van der Waals surface area contributed by atoms with Gasteiger partial charge in [0.1, 0.15) is 5.75 Å². The van der Waals surface area contributed by atoms with E-state index in [9.17, 15) is 9.59 Å². The molecule has 0 unspecified atom stereocenters. The monoisotopic (exact) mass is 352 g/mol. The molecule has 136 valence electrons. The molecule has 0 aromatic heterocycles. The van der Waals surface area contributed by atoms with Gasteiger partial charge < -0.3 is 14.5 Å². The third-order valence-corrected chi connectivity index (χ3v) is 4.67. The topological polar surface area (TPSA) is 49.9 Å². The molecule has 1 fully saturated rings. The summed E-state index contributed by atoms with van der Waals surface area (Å²) >= 11 is 0. The molecule has 0 radical (unpaired) electrons. The normalized spacial score (nSPS) is 14.2. The molecular weight excluding hydrogens is 328 g/mol. The Morgan fingerprint density at radius 2 is 1.35 bits per heavy atom. The van der Waals surface area contributed by atoms with Crippen LogP contribution in [0, 0.1) is 0 Å². The Kier molecular flexibility index (Phi) is 5.89. The van der Waals surface area contributed by atoms with Crippen molar-refractivity contribution in [2.75, 3.05) is 33.3 Å². The highest BCUT2D eigenvalue weighted by molar-refractivity contribution is 5.81. The third kappa shape index (κ3) is 4.63. The van der Waals surface area contributed by atoms with Crippen molar-refractivity contribution in [2.24, 2.45) is 0 Å². The lowest BCUT2D eigenvalue weighted by molar-refractivity contribution is -0.138. The smallest absolute Gasteiger partial charge is 0.227 e. The fourth-order valence-corrected chi connectivity index (χ4v) is 3.16. The quantitative estimate of drug-likeness (QED) is 0.828. The second-order valence-electron chi connectivity index (χ2n) is 6.45. The van der Waals surface area contributed by atoms with E-state index >= 15 is 0 Å². The summed E-state index contributed by atoms with van der Waals surface area (Å²) in [5.74, 6) is 0.969. The first-order valence-corrected chi connectivity index (χ1v) is 8.88. The van der Waals surface area contributed by atoms with Crippen LogP contribution in [-0.2, 0) is 22.4 Å². The maximum absolute atomic E-state index is 12.5. The van der Waals surface area contributed by atoms with Crippen LogP contribution in [0.1, 0.15) is 11.1 Å². The minimum absolute atomic E-state index is 0.0911. The number of amides is 2. The van der Waals surface area contributed by atoms with E-state index in [0.717, 1.165) is 16.9 Å². The maximum Gasteiger partial charge on any atom is 0.227 e. The van der Waals surface area contributed by atoms with Crippen LogP contribution in [0.25, 0.3) is 0 Å². The molecule has 1 heterocycles. The van der Waals surface area contributed by atoms with Crippen LogP contribution in [0.15, 0.2) is 54.6 Å². The van der Waals surface area contributed by atoms with Crippen LogP contribution in [-0.4, -0.2) is 54.9 Å². The van der Waals surface area contributed by atoms with Crippen molar-refractivity contribution < 1.29 is 14.3 Å². The van der Waals surface area contributed by atoms with Gasteiger partial charge in [0.25, 0.3) is 0 Å². The number of methoxy groups -OCH3 is 1. The number of ether oxygens (including phenoxy) is 1. The molecule has 0 spiro atoms. The highest BCUT2D eigenvalue weighted by atomic mass is 16.5. The zero-order valence-electron chi connectivity index (χ0n) is 15.1. The Morgan fingerprint density at radius 1 is 0.808 bits per heavy atom. The van der Waals surface area contributed by atoms with Crippen molar-refractivity contribution >= 4 is 11.8 Å². The zero-order chi connectivity index (χ0) is 18.4. The molecule has 0 saturated carbocycles. The standard InChI is InChI=1S/C21H24N2O3/c1-26-19-9-5-8-18(14-19)16-21(25)23-12-10-22(11-13-23)20(24)15-17-6-3-2-4-7-17/h2-9,14H,10-13,15-16H2,1H3. The molecule has 0 N–H and O–H groups in total. The second-order valence-corrected chi connectivity index (χ2v) is 6.45. The van der Waals surface area contributed by atoms with Gasteiger partial charge in [0.2, 0.25) is 11.8 Å². The van der Waals surface area contributed by atoms with Gasteiger partial charge in [-0.05, 0) is 23.3 Å². The molecule has 0 aliphatic carbocycles. The first kappa shape index (κ1) is 18.0. The van der Waals surface area contributed by atoms with Gasteiger partial charge >= 0.3 is 0 Å². The highest BCUT2D eigenvalue weighted by Gasteiger charge is 2.24. The fraction of sp³-hybridized carbons (Fsp3) is 0.333. The van der Waals surface area contributed by atoms with Crippen LogP contribution in [0.3, 0.4) is 0 Å². The Bertz CT molecular complexity index is 753. The van der Waals surface area contributed by atoms with E-state index in [1.807, 2.05) is 64.4 Å². The van der Waals surface area contributed by atoms with Crippen molar-refractivity contribution in [3.8, 4) is 5.75 Å². The Balaban J connectivity index is 1.49. The van der Waals surface area contributed by atoms with Crippen molar-refractivity contribution in [3.05, 3.63) is 65.7 Å². The number of hydrogen-bond donors (Lipinski definition) is 0. The Morgan fingerprint density at radius 3 is 1.92 bits per heavy atom. The Labute approximate surface area is 154 Å². The number of carbonyl (C=O) groups excluding carboxylic acids is 2. The molecule has 2 aromatic carbocycles. The molecule has 0 atom stereocenters. The first-order valence-electron chi connectivity index (χ1n) is 8.88. The molecule has 1 saturated heterocycles. The number of nitrogens with zero attached hydrogens (tertiary/aromatic N) is 2. The highest BCUT2D eigenvalue weighted by Crippen LogP contribution is 2.14. The fourth-order valence-electron chi connectivity index (χ4n) is 3.16. The lowest BCUT2D eigenvalue weighted by Gasteiger charge is -2.35. The SMILES string of the molecule is COc1cccc(CC(=O)N2CCN(C(=O)Cc3ccccc3)CC2)c1. The Hall–Kier alpha value is -2.82. The van der Waals surface area contributed by atoms with E-state index in [0.29, 0.717) is 39.0 Å². The van der Waals surface area contributed by atoms with Gasteiger partial charge in [0.15, 0.2) is 0 Å². The van der Waals surface area contributed by atoms with E-state index in [-0.39, 0.29) is 11.8 Å². The minimum Gasteiger partial charge on any atom is -0.497 e. The average molecular weight is 352 g/mol. The summed E-state index contributed by atoms with van der Waals surface area (Å²) in [4.78, 5) is 28.6. The summed E-state index contributed by atoms with van der Waals surface area (Å²) in [5.41, 5.74) is 1.96. The van der Waals surface area contributed by atoms with Gasteiger partial charge in [-0.15, -0.1) is 0 Å². The predicted molar refractivity (Wildman–Crippen MR) is 100 cm³/mol. The zero-order valence-corrected chi connectivity index (χ0v) is 15.1. The first-order chi connectivity index (χ1) is 12.7. The largest absolute Gasteiger partial charge is 0.497 e.